The molecule has 0 spiro atoms. The second kappa shape index (κ2) is 15.0. The second-order valence-corrected chi connectivity index (χ2v) is 11.7. The third-order valence-corrected chi connectivity index (χ3v) is 6.32. The molecule has 0 saturated carbocycles. The average molecular weight is 518 g/mol. The van der Waals surface area contributed by atoms with Gasteiger partial charge in [-0.25, -0.2) is 4.79 Å². The molecule has 0 aliphatic heterocycles. The Hall–Kier alpha value is -2.57. The van der Waals surface area contributed by atoms with Crippen LogP contribution in [0, 0.1) is 19.8 Å². The van der Waals surface area contributed by atoms with E-state index >= 15 is 0 Å². The lowest BCUT2D eigenvalue weighted by Gasteiger charge is -2.38. The Labute approximate surface area is 225 Å². The van der Waals surface area contributed by atoms with E-state index in [2.05, 4.69) is 31.4 Å². The quantitative estimate of drug-likeness (QED) is 0.304. The van der Waals surface area contributed by atoms with Gasteiger partial charge in [0.15, 0.2) is 0 Å². The van der Waals surface area contributed by atoms with Crippen LogP contribution in [0.4, 0.5) is 4.79 Å². The number of ether oxygens (including phenoxy) is 1. The van der Waals surface area contributed by atoms with E-state index in [1.54, 1.807) is 32.6 Å². The van der Waals surface area contributed by atoms with Crippen LogP contribution in [0.3, 0.4) is 0 Å². The van der Waals surface area contributed by atoms with Crippen molar-refractivity contribution >= 4 is 17.9 Å². The number of nitrogens with zero attached hydrogens (tertiary/aromatic N) is 1. The molecule has 0 aliphatic carbocycles. The van der Waals surface area contributed by atoms with E-state index in [0.29, 0.717) is 12.5 Å². The molecule has 0 aromatic heterocycles. The number of carbonyl (C=O) groups excluding carboxylic acids is 3. The van der Waals surface area contributed by atoms with Crippen molar-refractivity contribution in [2.75, 3.05) is 6.54 Å². The Bertz CT molecular complexity index is 891. The summed E-state index contributed by atoms with van der Waals surface area (Å²) in [5, 5.41) is 5.76. The molecule has 0 aliphatic rings. The van der Waals surface area contributed by atoms with Crippen LogP contribution in [0.25, 0.3) is 0 Å². The van der Waals surface area contributed by atoms with E-state index in [1.165, 1.54) is 0 Å². The summed E-state index contributed by atoms with van der Waals surface area (Å²) < 4.78 is 5.38. The summed E-state index contributed by atoms with van der Waals surface area (Å²) in [6, 6.07) is 4.07. The van der Waals surface area contributed by atoms with E-state index in [1.807, 2.05) is 39.0 Å². The van der Waals surface area contributed by atoms with Crippen LogP contribution in [0.1, 0.15) is 110 Å². The van der Waals surface area contributed by atoms with Crippen LogP contribution in [0.2, 0.25) is 0 Å². The fourth-order valence-electron chi connectivity index (χ4n) is 4.32. The van der Waals surface area contributed by atoms with E-state index in [9.17, 15) is 14.4 Å². The molecular weight excluding hydrogens is 466 g/mol. The van der Waals surface area contributed by atoms with Gasteiger partial charge in [0.1, 0.15) is 17.7 Å². The van der Waals surface area contributed by atoms with Gasteiger partial charge in [0.2, 0.25) is 11.8 Å². The summed E-state index contributed by atoms with van der Waals surface area (Å²) in [7, 11) is 0. The molecule has 37 heavy (non-hydrogen) atoms. The van der Waals surface area contributed by atoms with E-state index in [4.69, 9.17) is 4.74 Å². The summed E-state index contributed by atoms with van der Waals surface area (Å²) in [4.78, 5) is 41.9. The molecule has 1 rings (SSSR count). The Morgan fingerprint density at radius 3 is 2.19 bits per heavy atom. The smallest absolute Gasteiger partial charge is 0.408 e. The zero-order chi connectivity index (χ0) is 28.3. The lowest BCUT2D eigenvalue weighted by atomic mass is 9.94. The van der Waals surface area contributed by atoms with Crippen LogP contribution < -0.4 is 10.6 Å². The Morgan fingerprint density at radius 1 is 1.00 bits per heavy atom. The summed E-state index contributed by atoms with van der Waals surface area (Å²) in [6.45, 7) is 19.9. The number of alkyl carbamates (subject to hydrolysis) is 1. The fourth-order valence-corrected chi connectivity index (χ4v) is 4.32. The van der Waals surface area contributed by atoms with Crippen LogP contribution in [0.15, 0.2) is 18.2 Å². The van der Waals surface area contributed by atoms with Crippen molar-refractivity contribution in [2.24, 2.45) is 5.92 Å². The first-order chi connectivity index (χ1) is 17.2. The van der Waals surface area contributed by atoms with Crippen molar-refractivity contribution in [2.45, 2.75) is 125 Å². The summed E-state index contributed by atoms with van der Waals surface area (Å²) in [5.74, 6) is -0.0489. The third kappa shape index (κ3) is 11.1. The van der Waals surface area contributed by atoms with Gasteiger partial charge in [0.25, 0.3) is 0 Å². The van der Waals surface area contributed by atoms with Crippen LogP contribution in [0.5, 0.6) is 0 Å². The van der Waals surface area contributed by atoms with Crippen molar-refractivity contribution in [1.82, 2.24) is 15.5 Å². The molecule has 1 aromatic rings. The largest absolute Gasteiger partial charge is 0.444 e. The highest BCUT2D eigenvalue weighted by Gasteiger charge is 2.38. The van der Waals surface area contributed by atoms with Gasteiger partial charge in [-0.2, -0.15) is 0 Å². The normalized spacial score (nSPS) is 14.0. The zero-order valence-corrected chi connectivity index (χ0v) is 24.9. The van der Waals surface area contributed by atoms with Gasteiger partial charge in [-0.05, 0) is 84.8 Å². The van der Waals surface area contributed by atoms with Gasteiger partial charge in [-0.15, -0.1) is 0 Å². The number of benzene rings is 1. The van der Waals surface area contributed by atoms with E-state index in [0.717, 1.165) is 48.8 Å². The molecular formula is C30H51N3O4. The van der Waals surface area contributed by atoms with Crippen LogP contribution in [-0.4, -0.2) is 47.0 Å². The van der Waals surface area contributed by atoms with Gasteiger partial charge in [0, 0.05) is 12.6 Å². The van der Waals surface area contributed by atoms with Crippen molar-refractivity contribution < 1.29 is 19.1 Å². The number of rotatable bonds is 13. The summed E-state index contributed by atoms with van der Waals surface area (Å²) >= 11 is 0. The molecule has 0 heterocycles. The molecule has 210 valence electrons. The Balaban J connectivity index is 3.45. The lowest BCUT2D eigenvalue weighted by Crippen LogP contribution is -2.54. The summed E-state index contributed by atoms with van der Waals surface area (Å²) in [6.07, 6.45) is 3.97. The summed E-state index contributed by atoms with van der Waals surface area (Å²) in [5.41, 5.74) is 2.16. The minimum absolute atomic E-state index is 0.197. The highest BCUT2D eigenvalue weighted by Crippen LogP contribution is 2.30. The SMILES string of the molecule is CCCCCNC(=O)C(c1ccc(C)cc1C)N(C(=O)C(C)NC(=O)OC(C)(C)C)C(C)CCC(C)C. The van der Waals surface area contributed by atoms with Crippen LogP contribution >= 0.6 is 0 Å². The van der Waals surface area contributed by atoms with Crippen molar-refractivity contribution in [3.63, 3.8) is 0 Å². The van der Waals surface area contributed by atoms with Gasteiger partial charge in [-0.3, -0.25) is 9.59 Å². The number of hydrogen-bond acceptors (Lipinski definition) is 4. The molecule has 0 saturated heterocycles. The average Bonchev–Trinajstić information content (AvgIpc) is 2.77. The van der Waals surface area contributed by atoms with Gasteiger partial charge in [0.05, 0.1) is 0 Å². The van der Waals surface area contributed by atoms with Gasteiger partial charge >= 0.3 is 6.09 Å². The molecule has 3 unspecified atom stereocenters. The minimum atomic E-state index is -0.863. The first-order valence-electron chi connectivity index (χ1n) is 13.8. The zero-order valence-electron chi connectivity index (χ0n) is 24.9. The number of amides is 3. The predicted octanol–water partition coefficient (Wildman–Crippen LogP) is 6.22. The lowest BCUT2D eigenvalue weighted by molar-refractivity contribution is -0.145. The molecule has 0 fully saturated rings. The standard InChI is InChI=1S/C30H51N3O4/c1-11-12-13-18-31-27(34)26(25-17-15-21(4)19-22(25)5)33(23(6)16-14-20(2)3)28(35)24(7)32-29(36)37-30(8,9)10/h15,17,19-20,23-24,26H,11-14,16,18H2,1-10H3,(H,31,34)(H,32,36). The maximum absolute atomic E-state index is 14.0. The molecule has 2 N–H and O–H groups in total. The molecule has 7 heteroatoms. The Kier molecular flexibility index (Phi) is 13.2. The maximum atomic E-state index is 14.0. The number of aryl methyl sites for hydroxylation is 2. The van der Waals surface area contributed by atoms with Crippen LogP contribution in [-0.2, 0) is 14.3 Å². The number of nitrogens with one attached hydrogen (secondary N) is 2. The minimum Gasteiger partial charge on any atom is -0.444 e. The highest BCUT2D eigenvalue weighted by molar-refractivity contribution is 5.92. The van der Waals surface area contributed by atoms with Gasteiger partial charge in [-0.1, -0.05) is 57.4 Å². The fraction of sp³-hybridized carbons (Fsp3) is 0.700. The predicted molar refractivity (Wildman–Crippen MR) is 150 cm³/mol. The van der Waals surface area contributed by atoms with Crippen molar-refractivity contribution in [3.05, 3.63) is 34.9 Å². The molecule has 1 aromatic carbocycles. The number of unbranched alkanes of at least 4 members (excludes halogenated alkanes) is 2. The number of hydrogen-bond donors (Lipinski definition) is 2. The van der Waals surface area contributed by atoms with Crippen molar-refractivity contribution in [1.29, 1.82) is 0 Å². The van der Waals surface area contributed by atoms with Gasteiger partial charge < -0.3 is 20.3 Å². The molecule has 0 bridgehead atoms. The topological polar surface area (TPSA) is 87.7 Å². The van der Waals surface area contributed by atoms with E-state index < -0.39 is 23.8 Å². The first kappa shape index (κ1) is 32.5. The molecule has 3 amide bonds. The monoisotopic (exact) mass is 517 g/mol. The van der Waals surface area contributed by atoms with E-state index in [-0.39, 0.29) is 17.9 Å². The van der Waals surface area contributed by atoms with Crippen molar-refractivity contribution in [3.8, 4) is 0 Å². The maximum Gasteiger partial charge on any atom is 0.408 e. The third-order valence-electron chi connectivity index (χ3n) is 6.32. The Morgan fingerprint density at radius 2 is 1.65 bits per heavy atom. The molecule has 3 atom stereocenters. The number of carbonyl (C=O) groups is 3. The highest BCUT2D eigenvalue weighted by atomic mass is 16.6. The molecule has 0 radical (unpaired) electrons. The molecule has 7 nitrogen and oxygen atoms in total. The first-order valence-corrected chi connectivity index (χ1v) is 13.8. The second-order valence-electron chi connectivity index (χ2n) is 11.7.